The van der Waals surface area contributed by atoms with Gasteiger partial charge in [0.15, 0.2) is 0 Å². The lowest BCUT2D eigenvalue weighted by atomic mass is 9.96. The lowest BCUT2D eigenvalue weighted by Crippen LogP contribution is -2.36. The van der Waals surface area contributed by atoms with Crippen LogP contribution in [0.3, 0.4) is 0 Å². The molecule has 0 radical (unpaired) electrons. The first-order chi connectivity index (χ1) is 11.2. The fraction of sp³-hybridized carbons (Fsp3) is 0.625. The average molecular weight is 323 g/mol. The van der Waals surface area contributed by atoms with Gasteiger partial charge in [-0.1, -0.05) is 0 Å². The van der Waals surface area contributed by atoms with Gasteiger partial charge in [-0.25, -0.2) is 9.78 Å². The van der Waals surface area contributed by atoms with Crippen molar-refractivity contribution in [3.05, 3.63) is 18.3 Å². The Kier molecular flexibility index (Phi) is 7.09. The third-order valence-electron chi connectivity index (χ3n) is 3.68. The van der Waals surface area contributed by atoms with Gasteiger partial charge in [0.25, 0.3) is 0 Å². The lowest BCUT2D eigenvalue weighted by Gasteiger charge is -2.27. The molecule has 23 heavy (non-hydrogen) atoms. The first-order valence-electron chi connectivity index (χ1n) is 7.91. The Bertz CT molecular complexity index is 481. The number of nitrogens with one attached hydrogen (secondary N) is 2. The minimum Gasteiger partial charge on any atom is -0.475 e. The van der Waals surface area contributed by atoms with Crippen molar-refractivity contribution in [2.45, 2.75) is 25.9 Å². The molecule has 0 aromatic carbocycles. The molecule has 2 N–H and O–H groups in total. The van der Waals surface area contributed by atoms with Crippen molar-refractivity contribution in [1.82, 2.24) is 10.3 Å². The molecule has 1 aliphatic rings. The van der Waals surface area contributed by atoms with Gasteiger partial charge in [0.05, 0.1) is 24.6 Å². The van der Waals surface area contributed by atoms with Gasteiger partial charge < -0.3 is 24.8 Å². The molecule has 1 aromatic rings. The Labute approximate surface area is 136 Å². The van der Waals surface area contributed by atoms with Gasteiger partial charge in [-0.15, -0.1) is 0 Å². The quantitative estimate of drug-likeness (QED) is 0.751. The average Bonchev–Trinajstić information content (AvgIpc) is 2.55. The molecule has 2 atom stereocenters. The molecule has 7 nitrogen and oxygen atoms in total. The van der Waals surface area contributed by atoms with Crippen LogP contribution < -0.4 is 15.4 Å². The van der Waals surface area contributed by atoms with Crippen molar-refractivity contribution in [3.63, 3.8) is 0 Å². The van der Waals surface area contributed by atoms with Crippen LogP contribution in [0.1, 0.15) is 19.8 Å². The van der Waals surface area contributed by atoms with E-state index in [9.17, 15) is 4.79 Å². The molecule has 1 fully saturated rings. The maximum Gasteiger partial charge on any atom is 0.319 e. The van der Waals surface area contributed by atoms with Crippen molar-refractivity contribution in [2.24, 2.45) is 5.92 Å². The number of pyridine rings is 1. The summed E-state index contributed by atoms with van der Waals surface area (Å²) in [5, 5.41) is 5.66. The summed E-state index contributed by atoms with van der Waals surface area (Å²) < 4.78 is 15.8. The van der Waals surface area contributed by atoms with Crippen molar-refractivity contribution in [3.8, 4) is 5.88 Å². The topological polar surface area (TPSA) is 81.7 Å². The Balaban J connectivity index is 1.70. The van der Waals surface area contributed by atoms with Crippen LogP contribution in [0.2, 0.25) is 0 Å². The summed E-state index contributed by atoms with van der Waals surface area (Å²) in [4.78, 5) is 16.0. The number of urea groups is 1. The summed E-state index contributed by atoms with van der Waals surface area (Å²) in [5.74, 6) is 0.975. The molecular formula is C16H25N3O4. The van der Waals surface area contributed by atoms with E-state index in [1.54, 1.807) is 25.4 Å². The first-order valence-corrected chi connectivity index (χ1v) is 7.91. The van der Waals surface area contributed by atoms with Crippen molar-refractivity contribution in [1.29, 1.82) is 0 Å². The molecule has 1 saturated heterocycles. The number of anilines is 1. The molecule has 2 amide bonds. The fourth-order valence-corrected chi connectivity index (χ4v) is 2.46. The Hall–Kier alpha value is -1.86. The second-order valence-corrected chi connectivity index (χ2v) is 5.63. The summed E-state index contributed by atoms with van der Waals surface area (Å²) in [6, 6.07) is 3.25. The number of nitrogens with zero attached hydrogens (tertiary/aromatic N) is 1. The maximum absolute atomic E-state index is 11.9. The summed E-state index contributed by atoms with van der Waals surface area (Å²) >= 11 is 0. The van der Waals surface area contributed by atoms with Gasteiger partial charge in [0.1, 0.15) is 6.61 Å². The molecule has 0 unspecified atom stereocenters. The minimum atomic E-state index is -0.223. The van der Waals surface area contributed by atoms with Crippen molar-refractivity contribution >= 4 is 11.7 Å². The van der Waals surface area contributed by atoms with Gasteiger partial charge in [-0.05, 0) is 31.7 Å². The van der Waals surface area contributed by atoms with Crippen LogP contribution in [0.25, 0.3) is 0 Å². The van der Waals surface area contributed by atoms with E-state index >= 15 is 0 Å². The van der Waals surface area contributed by atoms with Gasteiger partial charge in [-0.3, -0.25) is 0 Å². The van der Waals surface area contributed by atoms with Crippen LogP contribution in [-0.4, -0.2) is 50.6 Å². The molecule has 1 aliphatic heterocycles. The maximum atomic E-state index is 11.9. The normalized spacial score (nSPS) is 20.8. The lowest BCUT2D eigenvalue weighted by molar-refractivity contribution is 0.00354. The number of aromatic nitrogens is 1. The van der Waals surface area contributed by atoms with E-state index in [-0.39, 0.29) is 12.1 Å². The zero-order valence-electron chi connectivity index (χ0n) is 13.7. The van der Waals surface area contributed by atoms with Gasteiger partial charge >= 0.3 is 6.03 Å². The van der Waals surface area contributed by atoms with Gasteiger partial charge in [-0.2, -0.15) is 0 Å². The third kappa shape index (κ3) is 6.42. The number of amides is 2. The summed E-state index contributed by atoms with van der Waals surface area (Å²) in [5.41, 5.74) is 0.627. The van der Waals surface area contributed by atoms with E-state index in [0.29, 0.717) is 37.2 Å². The van der Waals surface area contributed by atoms with Crippen molar-refractivity contribution < 1.29 is 19.0 Å². The zero-order chi connectivity index (χ0) is 16.5. The Morgan fingerprint density at radius 3 is 3.00 bits per heavy atom. The predicted molar refractivity (Wildman–Crippen MR) is 86.8 cm³/mol. The summed E-state index contributed by atoms with van der Waals surface area (Å²) in [6.07, 6.45) is 3.81. The minimum absolute atomic E-state index is 0.223. The summed E-state index contributed by atoms with van der Waals surface area (Å²) in [6.45, 7) is 4.44. The molecule has 0 aliphatic carbocycles. The number of carbonyl (C=O) groups excluding carboxylic acids is 1. The molecular weight excluding hydrogens is 298 g/mol. The van der Waals surface area contributed by atoms with E-state index in [4.69, 9.17) is 14.2 Å². The fourth-order valence-electron chi connectivity index (χ4n) is 2.46. The van der Waals surface area contributed by atoms with Crippen LogP contribution >= 0.6 is 0 Å². The van der Waals surface area contributed by atoms with Crippen LogP contribution in [0.15, 0.2) is 18.3 Å². The van der Waals surface area contributed by atoms with E-state index in [0.717, 1.165) is 19.4 Å². The van der Waals surface area contributed by atoms with Crippen LogP contribution in [0.5, 0.6) is 5.88 Å². The van der Waals surface area contributed by atoms with E-state index in [1.165, 1.54) is 0 Å². The van der Waals surface area contributed by atoms with Crippen LogP contribution in [0, 0.1) is 5.92 Å². The Morgan fingerprint density at radius 1 is 1.43 bits per heavy atom. The highest BCUT2D eigenvalue weighted by Gasteiger charge is 2.19. The number of ether oxygens (including phenoxy) is 3. The molecule has 128 valence electrons. The van der Waals surface area contributed by atoms with E-state index < -0.39 is 0 Å². The monoisotopic (exact) mass is 323 g/mol. The number of methoxy groups -OCH3 is 1. The molecule has 0 spiro atoms. The first kappa shape index (κ1) is 17.5. The zero-order valence-corrected chi connectivity index (χ0v) is 13.7. The van der Waals surface area contributed by atoms with E-state index in [2.05, 4.69) is 22.5 Å². The molecule has 0 bridgehead atoms. The van der Waals surface area contributed by atoms with Crippen molar-refractivity contribution in [2.75, 3.05) is 38.8 Å². The largest absolute Gasteiger partial charge is 0.475 e. The SMILES string of the molecule is COCCOc1ccc(NC(=O)NC[C@H]2CCO[C@H](C)C2)cn1. The standard InChI is InChI=1S/C16H25N3O4/c1-12-9-13(5-6-22-12)10-18-16(20)19-14-3-4-15(17-11-14)23-8-7-21-2/h3-4,11-13H,5-10H2,1-2H3,(H2,18,19,20)/t12-,13+/m1/s1. The van der Waals surface area contributed by atoms with Crippen LogP contribution in [-0.2, 0) is 9.47 Å². The number of rotatable bonds is 7. The molecule has 0 saturated carbocycles. The second-order valence-electron chi connectivity index (χ2n) is 5.63. The number of hydrogen-bond acceptors (Lipinski definition) is 5. The molecule has 2 rings (SSSR count). The highest BCUT2D eigenvalue weighted by Crippen LogP contribution is 2.19. The van der Waals surface area contributed by atoms with E-state index in [1.807, 2.05) is 0 Å². The molecule has 7 heteroatoms. The summed E-state index contributed by atoms with van der Waals surface area (Å²) in [7, 11) is 1.61. The molecule has 1 aromatic heterocycles. The third-order valence-corrected chi connectivity index (χ3v) is 3.68. The smallest absolute Gasteiger partial charge is 0.319 e. The number of carbonyl (C=O) groups is 1. The predicted octanol–water partition coefficient (Wildman–Crippen LogP) is 2.04. The highest BCUT2D eigenvalue weighted by atomic mass is 16.5. The molecule has 2 heterocycles. The highest BCUT2D eigenvalue weighted by molar-refractivity contribution is 5.88. The number of hydrogen-bond donors (Lipinski definition) is 2. The Morgan fingerprint density at radius 2 is 2.30 bits per heavy atom. The van der Waals surface area contributed by atoms with Gasteiger partial charge in [0.2, 0.25) is 5.88 Å². The van der Waals surface area contributed by atoms with Gasteiger partial charge in [0, 0.05) is 26.3 Å². The van der Waals surface area contributed by atoms with Crippen LogP contribution in [0.4, 0.5) is 10.5 Å². The second kappa shape index (κ2) is 9.32.